The molecule has 0 fully saturated rings. The summed E-state index contributed by atoms with van der Waals surface area (Å²) in [6.45, 7) is 4.53. The SMILES string of the molecule is CCC/C=C\C[C@@H]1c2nc(N)nc3c2[C@@H](CC3)C[C@H]1CCC. The third kappa shape index (κ3) is 2.90. The second-order valence-electron chi connectivity index (χ2n) is 6.95. The van der Waals surface area contributed by atoms with E-state index in [1.54, 1.807) is 0 Å². The first-order chi connectivity index (χ1) is 10.7. The summed E-state index contributed by atoms with van der Waals surface area (Å²) in [5.41, 5.74) is 9.99. The van der Waals surface area contributed by atoms with Gasteiger partial charge < -0.3 is 5.73 Å². The minimum Gasteiger partial charge on any atom is -0.368 e. The Morgan fingerprint density at radius 2 is 2.05 bits per heavy atom. The zero-order valence-corrected chi connectivity index (χ0v) is 14.0. The maximum absolute atomic E-state index is 5.99. The molecule has 0 saturated carbocycles. The molecule has 1 heterocycles. The Bertz CT molecular complexity index is 550. The summed E-state index contributed by atoms with van der Waals surface area (Å²) in [6, 6.07) is 0. The summed E-state index contributed by atoms with van der Waals surface area (Å²) in [5, 5.41) is 0. The lowest BCUT2D eigenvalue weighted by atomic mass is 9.70. The lowest BCUT2D eigenvalue weighted by molar-refractivity contribution is 0.309. The van der Waals surface area contributed by atoms with E-state index in [1.807, 2.05) is 0 Å². The molecule has 0 aromatic carbocycles. The van der Waals surface area contributed by atoms with Crippen LogP contribution in [0.1, 0.15) is 87.6 Å². The quantitative estimate of drug-likeness (QED) is 0.772. The van der Waals surface area contributed by atoms with Gasteiger partial charge in [0.25, 0.3) is 0 Å². The van der Waals surface area contributed by atoms with Gasteiger partial charge in [0.2, 0.25) is 5.95 Å². The van der Waals surface area contributed by atoms with Gasteiger partial charge in [0, 0.05) is 11.6 Å². The number of hydrogen-bond acceptors (Lipinski definition) is 3. The van der Waals surface area contributed by atoms with E-state index in [0.717, 1.165) is 18.8 Å². The standard InChI is InChI=1S/C19H29N3/c1-3-5-6-7-9-15-13(8-4-2)12-14-10-11-16-17(14)18(15)22-19(20)21-16/h6-7,13-15H,3-5,8-12H2,1-2H3,(H2,20,21,22)/b7-6-/t13-,14+,15+/m1/s1. The molecule has 3 nitrogen and oxygen atoms in total. The van der Waals surface area contributed by atoms with Crippen molar-refractivity contribution in [1.29, 1.82) is 0 Å². The molecule has 2 N–H and O–H groups in total. The topological polar surface area (TPSA) is 51.8 Å². The van der Waals surface area contributed by atoms with Gasteiger partial charge in [-0.3, -0.25) is 0 Å². The molecule has 0 aliphatic heterocycles. The molecule has 0 saturated heterocycles. The van der Waals surface area contributed by atoms with Crippen LogP contribution in [0.3, 0.4) is 0 Å². The first-order valence-corrected chi connectivity index (χ1v) is 9.05. The van der Waals surface area contributed by atoms with Gasteiger partial charge in [-0.15, -0.1) is 0 Å². The second-order valence-corrected chi connectivity index (χ2v) is 6.95. The maximum atomic E-state index is 5.99. The predicted molar refractivity (Wildman–Crippen MR) is 91.9 cm³/mol. The van der Waals surface area contributed by atoms with Gasteiger partial charge in [-0.2, -0.15) is 0 Å². The van der Waals surface area contributed by atoms with Gasteiger partial charge in [0.05, 0.1) is 5.69 Å². The van der Waals surface area contributed by atoms with Crippen molar-refractivity contribution in [3.63, 3.8) is 0 Å². The lowest BCUT2D eigenvalue weighted by Gasteiger charge is -2.35. The summed E-state index contributed by atoms with van der Waals surface area (Å²) in [7, 11) is 0. The molecule has 0 amide bonds. The molecule has 3 heteroatoms. The Kier molecular flexibility index (Phi) is 4.80. The van der Waals surface area contributed by atoms with Gasteiger partial charge in [-0.05, 0) is 49.5 Å². The van der Waals surface area contributed by atoms with Gasteiger partial charge in [-0.1, -0.05) is 45.3 Å². The summed E-state index contributed by atoms with van der Waals surface area (Å²) in [5.74, 6) is 2.47. The fourth-order valence-corrected chi connectivity index (χ4v) is 4.44. The van der Waals surface area contributed by atoms with Crippen LogP contribution < -0.4 is 5.73 Å². The largest absolute Gasteiger partial charge is 0.368 e. The number of nitrogens with zero attached hydrogens (tertiary/aromatic N) is 2. The fourth-order valence-electron chi connectivity index (χ4n) is 4.44. The first kappa shape index (κ1) is 15.5. The number of nitrogens with two attached hydrogens (primary N) is 1. The van der Waals surface area contributed by atoms with Crippen molar-refractivity contribution in [3.05, 3.63) is 29.1 Å². The molecule has 0 bridgehead atoms. The zero-order chi connectivity index (χ0) is 15.5. The van der Waals surface area contributed by atoms with E-state index in [4.69, 9.17) is 10.7 Å². The van der Waals surface area contributed by atoms with Crippen molar-refractivity contribution in [3.8, 4) is 0 Å². The fraction of sp³-hybridized carbons (Fsp3) is 0.684. The van der Waals surface area contributed by atoms with Crippen molar-refractivity contribution >= 4 is 5.95 Å². The van der Waals surface area contributed by atoms with E-state index in [0.29, 0.717) is 17.8 Å². The average molecular weight is 299 g/mol. The molecule has 1 aromatic rings. The normalized spacial score (nSPS) is 26.5. The smallest absolute Gasteiger partial charge is 0.220 e. The molecule has 0 radical (unpaired) electrons. The van der Waals surface area contributed by atoms with Crippen LogP contribution in [0.15, 0.2) is 12.2 Å². The number of aromatic nitrogens is 2. The molecule has 120 valence electrons. The number of nitrogen functional groups attached to an aromatic ring is 1. The van der Waals surface area contributed by atoms with Crippen LogP contribution in [-0.2, 0) is 6.42 Å². The second kappa shape index (κ2) is 6.80. The van der Waals surface area contributed by atoms with Crippen molar-refractivity contribution < 1.29 is 0 Å². The van der Waals surface area contributed by atoms with E-state index in [-0.39, 0.29) is 0 Å². The molecule has 0 unspecified atom stereocenters. The third-order valence-corrected chi connectivity index (χ3v) is 5.39. The van der Waals surface area contributed by atoms with Crippen LogP contribution in [-0.4, -0.2) is 9.97 Å². The van der Waals surface area contributed by atoms with Gasteiger partial charge >= 0.3 is 0 Å². The van der Waals surface area contributed by atoms with Gasteiger partial charge in [0.15, 0.2) is 0 Å². The van der Waals surface area contributed by atoms with E-state index in [2.05, 4.69) is 31.0 Å². The number of rotatable bonds is 6. The maximum Gasteiger partial charge on any atom is 0.220 e. The Hall–Kier alpha value is -1.38. The number of anilines is 1. The van der Waals surface area contributed by atoms with Crippen molar-refractivity contribution in [2.45, 2.75) is 77.0 Å². The Morgan fingerprint density at radius 3 is 2.82 bits per heavy atom. The number of hydrogen-bond donors (Lipinski definition) is 1. The predicted octanol–water partition coefficient (Wildman–Crippen LogP) is 4.74. The molecule has 22 heavy (non-hydrogen) atoms. The average Bonchev–Trinajstić information content (AvgIpc) is 2.89. The molecule has 2 aliphatic carbocycles. The van der Waals surface area contributed by atoms with Crippen LogP contribution in [0.25, 0.3) is 0 Å². The van der Waals surface area contributed by atoms with E-state index in [1.165, 1.54) is 55.5 Å². The van der Waals surface area contributed by atoms with E-state index >= 15 is 0 Å². The molecule has 1 aromatic heterocycles. The minimum atomic E-state index is 0.481. The molecule has 3 atom stereocenters. The van der Waals surface area contributed by atoms with Crippen molar-refractivity contribution in [2.24, 2.45) is 5.92 Å². The van der Waals surface area contributed by atoms with E-state index < -0.39 is 0 Å². The molecule has 3 rings (SSSR count). The van der Waals surface area contributed by atoms with Crippen LogP contribution in [0.2, 0.25) is 0 Å². The Labute approximate surface area is 134 Å². The number of unbranched alkanes of at least 4 members (excludes halogenated alkanes) is 1. The summed E-state index contributed by atoms with van der Waals surface area (Å²) in [6.07, 6.45) is 14.5. The Morgan fingerprint density at radius 1 is 1.18 bits per heavy atom. The van der Waals surface area contributed by atoms with Crippen LogP contribution >= 0.6 is 0 Å². The lowest BCUT2D eigenvalue weighted by Crippen LogP contribution is -2.25. The minimum absolute atomic E-state index is 0.481. The highest BCUT2D eigenvalue weighted by atomic mass is 15.0. The summed E-state index contributed by atoms with van der Waals surface area (Å²) in [4.78, 5) is 9.22. The van der Waals surface area contributed by atoms with Crippen LogP contribution in [0.4, 0.5) is 5.95 Å². The van der Waals surface area contributed by atoms with Crippen molar-refractivity contribution in [2.75, 3.05) is 5.73 Å². The van der Waals surface area contributed by atoms with Gasteiger partial charge in [0.1, 0.15) is 0 Å². The summed E-state index contributed by atoms with van der Waals surface area (Å²) >= 11 is 0. The molecular weight excluding hydrogens is 270 g/mol. The first-order valence-electron chi connectivity index (χ1n) is 9.05. The van der Waals surface area contributed by atoms with Crippen molar-refractivity contribution in [1.82, 2.24) is 9.97 Å². The molecular formula is C19H29N3. The highest BCUT2D eigenvalue weighted by molar-refractivity contribution is 5.42. The van der Waals surface area contributed by atoms with Crippen LogP contribution in [0.5, 0.6) is 0 Å². The highest BCUT2D eigenvalue weighted by Gasteiger charge is 2.39. The van der Waals surface area contributed by atoms with Gasteiger partial charge in [-0.25, -0.2) is 9.97 Å². The highest BCUT2D eigenvalue weighted by Crippen LogP contribution is 2.50. The zero-order valence-electron chi connectivity index (χ0n) is 14.0. The molecule has 0 spiro atoms. The molecule has 2 aliphatic rings. The Balaban J connectivity index is 1.92. The number of aryl methyl sites for hydroxylation is 1. The summed E-state index contributed by atoms with van der Waals surface area (Å²) < 4.78 is 0. The van der Waals surface area contributed by atoms with Crippen LogP contribution in [0, 0.1) is 5.92 Å². The van der Waals surface area contributed by atoms with E-state index in [9.17, 15) is 0 Å². The number of allylic oxidation sites excluding steroid dienone is 2. The third-order valence-electron chi connectivity index (χ3n) is 5.39. The monoisotopic (exact) mass is 299 g/mol.